The number of tetrazole rings is 1. The quantitative estimate of drug-likeness (QED) is 0.690. The molecule has 1 aromatic rings. The van der Waals surface area contributed by atoms with E-state index in [-0.39, 0.29) is 0 Å². The number of aromatic amines is 1. The zero-order chi connectivity index (χ0) is 9.68. The fourth-order valence-electron chi connectivity index (χ4n) is 1.47. The third-order valence-corrected chi connectivity index (χ3v) is 2.01. The van der Waals surface area contributed by atoms with Crippen molar-refractivity contribution in [2.75, 3.05) is 6.54 Å². The summed E-state index contributed by atoms with van der Waals surface area (Å²) in [5.41, 5.74) is 5.66. The van der Waals surface area contributed by atoms with Crippen LogP contribution in [-0.2, 0) is 6.42 Å². The van der Waals surface area contributed by atoms with Crippen LogP contribution in [0.25, 0.3) is 0 Å². The second-order valence-electron chi connectivity index (χ2n) is 3.78. The lowest BCUT2D eigenvalue weighted by Crippen LogP contribution is -2.19. The molecule has 1 rings (SSSR count). The van der Waals surface area contributed by atoms with Crippen LogP contribution < -0.4 is 5.73 Å². The Labute approximate surface area is 78.1 Å². The SMILES string of the molecule is CC(C)CC(CN)Cc1nnn[nH]1. The van der Waals surface area contributed by atoms with Crippen molar-refractivity contribution in [3.8, 4) is 0 Å². The van der Waals surface area contributed by atoms with E-state index in [4.69, 9.17) is 5.73 Å². The largest absolute Gasteiger partial charge is 0.330 e. The van der Waals surface area contributed by atoms with Crippen LogP contribution in [0.4, 0.5) is 0 Å². The number of nitrogens with two attached hydrogens (primary N) is 1. The molecule has 0 spiro atoms. The van der Waals surface area contributed by atoms with E-state index in [2.05, 4.69) is 34.5 Å². The van der Waals surface area contributed by atoms with Crippen molar-refractivity contribution in [2.45, 2.75) is 26.7 Å². The van der Waals surface area contributed by atoms with Gasteiger partial charge in [0.2, 0.25) is 0 Å². The Balaban J connectivity index is 2.40. The topological polar surface area (TPSA) is 80.5 Å². The van der Waals surface area contributed by atoms with Crippen LogP contribution in [0, 0.1) is 11.8 Å². The van der Waals surface area contributed by atoms with Crippen molar-refractivity contribution in [2.24, 2.45) is 17.6 Å². The van der Waals surface area contributed by atoms with Crippen molar-refractivity contribution in [3.05, 3.63) is 5.82 Å². The standard InChI is InChI=1S/C8H17N5/c1-6(2)3-7(5-9)4-8-10-12-13-11-8/h6-7H,3-5,9H2,1-2H3,(H,10,11,12,13). The molecule has 0 amide bonds. The summed E-state index contributed by atoms with van der Waals surface area (Å²) < 4.78 is 0. The van der Waals surface area contributed by atoms with Crippen LogP contribution >= 0.6 is 0 Å². The molecule has 0 aliphatic heterocycles. The molecule has 1 atom stereocenters. The first-order valence-electron chi connectivity index (χ1n) is 4.65. The van der Waals surface area contributed by atoms with Gasteiger partial charge in [-0.25, -0.2) is 5.10 Å². The van der Waals surface area contributed by atoms with Crippen molar-refractivity contribution in [1.29, 1.82) is 0 Å². The summed E-state index contributed by atoms with van der Waals surface area (Å²) in [6.45, 7) is 5.08. The summed E-state index contributed by atoms with van der Waals surface area (Å²) in [7, 11) is 0. The lowest BCUT2D eigenvalue weighted by Gasteiger charge is -2.14. The van der Waals surface area contributed by atoms with Crippen molar-refractivity contribution in [1.82, 2.24) is 20.6 Å². The van der Waals surface area contributed by atoms with Gasteiger partial charge in [0.15, 0.2) is 0 Å². The summed E-state index contributed by atoms with van der Waals surface area (Å²) in [5, 5.41) is 13.6. The minimum Gasteiger partial charge on any atom is -0.330 e. The van der Waals surface area contributed by atoms with Gasteiger partial charge in [-0.05, 0) is 35.2 Å². The molecule has 1 aromatic heterocycles. The predicted octanol–water partition coefficient (Wildman–Crippen LogP) is 0.363. The molecule has 0 radical (unpaired) electrons. The molecule has 1 unspecified atom stereocenters. The molecule has 0 saturated heterocycles. The molecular formula is C8H17N5. The molecule has 0 aliphatic rings. The summed E-state index contributed by atoms with van der Waals surface area (Å²) in [6, 6.07) is 0. The molecule has 5 nitrogen and oxygen atoms in total. The normalized spacial score (nSPS) is 13.5. The highest BCUT2D eigenvalue weighted by molar-refractivity contribution is 4.81. The van der Waals surface area contributed by atoms with Gasteiger partial charge in [-0.2, -0.15) is 0 Å². The van der Waals surface area contributed by atoms with Crippen molar-refractivity contribution >= 4 is 0 Å². The number of aromatic nitrogens is 4. The Bertz CT molecular complexity index is 218. The lowest BCUT2D eigenvalue weighted by molar-refractivity contribution is 0.408. The average molecular weight is 183 g/mol. The Kier molecular flexibility index (Phi) is 3.82. The van der Waals surface area contributed by atoms with Crippen LogP contribution in [0.15, 0.2) is 0 Å². The Hall–Kier alpha value is -0.970. The molecule has 5 heteroatoms. The van der Waals surface area contributed by atoms with Crippen LogP contribution in [0.2, 0.25) is 0 Å². The van der Waals surface area contributed by atoms with Crippen LogP contribution in [0.1, 0.15) is 26.1 Å². The van der Waals surface area contributed by atoms with Gasteiger partial charge in [0.05, 0.1) is 0 Å². The summed E-state index contributed by atoms with van der Waals surface area (Å²) in [4.78, 5) is 0. The van der Waals surface area contributed by atoms with E-state index in [0.717, 1.165) is 18.7 Å². The van der Waals surface area contributed by atoms with Crippen LogP contribution in [-0.4, -0.2) is 27.2 Å². The zero-order valence-electron chi connectivity index (χ0n) is 8.20. The van der Waals surface area contributed by atoms with Gasteiger partial charge < -0.3 is 5.73 Å². The van der Waals surface area contributed by atoms with E-state index in [9.17, 15) is 0 Å². The molecular weight excluding hydrogens is 166 g/mol. The van der Waals surface area contributed by atoms with Gasteiger partial charge in [-0.1, -0.05) is 13.8 Å². The first-order valence-corrected chi connectivity index (χ1v) is 4.65. The number of H-pyrrole nitrogens is 1. The maximum absolute atomic E-state index is 5.66. The highest BCUT2D eigenvalue weighted by Gasteiger charge is 2.11. The van der Waals surface area contributed by atoms with Crippen LogP contribution in [0.3, 0.4) is 0 Å². The van der Waals surface area contributed by atoms with E-state index in [0.29, 0.717) is 18.4 Å². The smallest absolute Gasteiger partial charge is 0.148 e. The molecule has 0 aromatic carbocycles. The molecule has 1 heterocycles. The zero-order valence-corrected chi connectivity index (χ0v) is 8.20. The van der Waals surface area contributed by atoms with Crippen LogP contribution in [0.5, 0.6) is 0 Å². The Morgan fingerprint density at radius 2 is 2.23 bits per heavy atom. The van der Waals surface area contributed by atoms with E-state index < -0.39 is 0 Å². The van der Waals surface area contributed by atoms with Crippen molar-refractivity contribution < 1.29 is 0 Å². The third-order valence-electron chi connectivity index (χ3n) is 2.01. The molecule has 0 aliphatic carbocycles. The Morgan fingerprint density at radius 1 is 1.46 bits per heavy atom. The highest BCUT2D eigenvalue weighted by atomic mass is 15.5. The number of rotatable bonds is 5. The van der Waals surface area contributed by atoms with Gasteiger partial charge in [-0.15, -0.1) is 5.10 Å². The van der Waals surface area contributed by atoms with E-state index in [1.165, 1.54) is 0 Å². The number of hydrogen-bond acceptors (Lipinski definition) is 4. The van der Waals surface area contributed by atoms with Gasteiger partial charge in [0.25, 0.3) is 0 Å². The van der Waals surface area contributed by atoms with Gasteiger partial charge >= 0.3 is 0 Å². The maximum Gasteiger partial charge on any atom is 0.148 e. The fraction of sp³-hybridized carbons (Fsp3) is 0.875. The molecule has 74 valence electrons. The minimum absolute atomic E-state index is 0.481. The first kappa shape index (κ1) is 10.1. The predicted molar refractivity (Wildman–Crippen MR) is 49.9 cm³/mol. The summed E-state index contributed by atoms with van der Waals surface area (Å²) >= 11 is 0. The van der Waals surface area contributed by atoms with E-state index in [1.807, 2.05) is 0 Å². The Morgan fingerprint density at radius 3 is 2.69 bits per heavy atom. The molecule has 3 N–H and O–H groups in total. The summed E-state index contributed by atoms with van der Waals surface area (Å²) in [6.07, 6.45) is 1.97. The molecule has 0 saturated carbocycles. The average Bonchev–Trinajstić information content (AvgIpc) is 2.55. The van der Waals surface area contributed by atoms with Crippen molar-refractivity contribution in [3.63, 3.8) is 0 Å². The monoisotopic (exact) mass is 183 g/mol. The molecule has 13 heavy (non-hydrogen) atoms. The molecule has 0 bridgehead atoms. The van der Waals surface area contributed by atoms with Gasteiger partial charge in [0.1, 0.15) is 5.82 Å². The minimum atomic E-state index is 0.481. The first-order chi connectivity index (χ1) is 6.22. The number of nitrogens with zero attached hydrogens (tertiary/aromatic N) is 3. The second kappa shape index (κ2) is 4.91. The lowest BCUT2D eigenvalue weighted by atomic mass is 9.94. The maximum atomic E-state index is 5.66. The van der Waals surface area contributed by atoms with E-state index >= 15 is 0 Å². The van der Waals surface area contributed by atoms with E-state index in [1.54, 1.807) is 0 Å². The molecule has 0 fully saturated rings. The fourth-order valence-corrected chi connectivity index (χ4v) is 1.47. The number of hydrogen-bond donors (Lipinski definition) is 2. The second-order valence-corrected chi connectivity index (χ2v) is 3.78. The summed E-state index contributed by atoms with van der Waals surface area (Å²) in [5.74, 6) is 1.98. The number of nitrogens with one attached hydrogen (secondary N) is 1. The third kappa shape index (κ3) is 3.50. The van der Waals surface area contributed by atoms with Gasteiger partial charge in [0, 0.05) is 6.42 Å². The highest BCUT2D eigenvalue weighted by Crippen LogP contribution is 2.13. The van der Waals surface area contributed by atoms with Gasteiger partial charge in [-0.3, -0.25) is 0 Å².